The van der Waals surface area contributed by atoms with Crippen LogP contribution in [0.5, 0.6) is 0 Å². The zero-order valence-electron chi connectivity index (χ0n) is 11.3. The summed E-state index contributed by atoms with van der Waals surface area (Å²) in [7, 11) is 0. The molecule has 0 saturated heterocycles. The minimum absolute atomic E-state index is 0.286. The van der Waals surface area contributed by atoms with Gasteiger partial charge in [-0.05, 0) is 37.6 Å². The fourth-order valence-electron chi connectivity index (χ4n) is 1.67. The highest BCUT2D eigenvalue weighted by atomic mass is 19.4. The zero-order valence-corrected chi connectivity index (χ0v) is 11.3. The van der Waals surface area contributed by atoms with Gasteiger partial charge in [-0.1, -0.05) is 19.1 Å². The Labute approximate surface area is 112 Å². The first-order chi connectivity index (χ1) is 8.93. The van der Waals surface area contributed by atoms with Crippen LogP contribution in [0, 0.1) is 0 Å². The second-order valence-electron chi connectivity index (χ2n) is 4.68. The Kier molecular flexibility index (Phi) is 6.31. The molecule has 2 nitrogen and oxygen atoms in total. The summed E-state index contributed by atoms with van der Waals surface area (Å²) in [6, 6.07) is 5.56. The van der Waals surface area contributed by atoms with E-state index in [0.717, 1.165) is 37.2 Å². The standard InChI is InChI=1S/C14H21F3N2/c1-3-8-18-9-11(2)19-10-12-4-6-13(7-5-12)14(15,16)17/h4-7,11,18-19H,3,8-10H2,1-2H3. The highest BCUT2D eigenvalue weighted by Crippen LogP contribution is 2.28. The predicted octanol–water partition coefficient (Wildman–Crippen LogP) is 3.18. The number of rotatable bonds is 7. The molecule has 0 aliphatic rings. The Morgan fingerprint density at radius 1 is 1.16 bits per heavy atom. The molecule has 19 heavy (non-hydrogen) atoms. The quantitative estimate of drug-likeness (QED) is 0.746. The fraction of sp³-hybridized carbons (Fsp3) is 0.571. The summed E-state index contributed by atoms with van der Waals surface area (Å²) in [5.74, 6) is 0. The lowest BCUT2D eigenvalue weighted by atomic mass is 10.1. The van der Waals surface area contributed by atoms with E-state index in [0.29, 0.717) is 6.54 Å². The molecule has 1 aromatic carbocycles. The molecule has 0 radical (unpaired) electrons. The van der Waals surface area contributed by atoms with Crippen molar-refractivity contribution in [3.05, 3.63) is 35.4 Å². The highest BCUT2D eigenvalue weighted by Gasteiger charge is 2.29. The normalized spacial score (nSPS) is 13.5. The van der Waals surface area contributed by atoms with Crippen LogP contribution in [0.3, 0.4) is 0 Å². The van der Waals surface area contributed by atoms with Crippen LogP contribution in [0.2, 0.25) is 0 Å². The summed E-state index contributed by atoms with van der Waals surface area (Å²) in [4.78, 5) is 0. The molecule has 0 aliphatic heterocycles. The van der Waals surface area contributed by atoms with Crippen molar-refractivity contribution >= 4 is 0 Å². The third kappa shape index (κ3) is 6.07. The van der Waals surface area contributed by atoms with Crippen molar-refractivity contribution in [2.24, 2.45) is 0 Å². The molecule has 0 spiro atoms. The van der Waals surface area contributed by atoms with Crippen LogP contribution < -0.4 is 10.6 Å². The van der Waals surface area contributed by atoms with Crippen molar-refractivity contribution in [1.82, 2.24) is 10.6 Å². The summed E-state index contributed by atoms with van der Waals surface area (Å²) >= 11 is 0. The fourth-order valence-corrected chi connectivity index (χ4v) is 1.67. The molecule has 5 heteroatoms. The van der Waals surface area contributed by atoms with E-state index in [4.69, 9.17) is 0 Å². The minimum atomic E-state index is -4.26. The van der Waals surface area contributed by atoms with E-state index in [2.05, 4.69) is 17.6 Å². The zero-order chi connectivity index (χ0) is 14.3. The Morgan fingerprint density at radius 3 is 2.32 bits per heavy atom. The maximum absolute atomic E-state index is 12.4. The van der Waals surface area contributed by atoms with Gasteiger partial charge in [-0.2, -0.15) is 13.2 Å². The molecule has 0 aromatic heterocycles. The second kappa shape index (κ2) is 7.50. The molecule has 0 aliphatic carbocycles. The molecule has 1 atom stereocenters. The maximum Gasteiger partial charge on any atom is 0.416 e. The Balaban J connectivity index is 2.37. The van der Waals surface area contributed by atoms with Crippen LogP contribution in [-0.4, -0.2) is 19.1 Å². The molecule has 0 heterocycles. The summed E-state index contributed by atoms with van der Waals surface area (Å²) in [6.45, 7) is 6.56. The summed E-state index contributed by atoms with van der Waals surface area (Å²) in [6.07, 6.45) is -3.17. The second-order valence-corrected chi connectivity index (χ2v) is 4.68. The van der Waals surface area contributed by atoms with E-state index < -0.39 is 11.7 Å². The summed E-state index contributed by atoms with van der Waals surface area (Å²) in [5.41, 5.74) is 0.254. The number of alkyl halides is 3. The van der Waals surface area contributed by atoms with Crippen LogP contribution in [0.1, 0.15) is 31.4 Å². The maximum atomic E-state index is 12.4. The summed E-state index contributed by atoms with van der Waals surface area (Å²) in [5, 5.41) is 6.56. The van der Waals surface area contributed by atoms with Crippen molar-refractivity contribution in [2.45, 2.75) is 39.0 Å². The number of benzene rings is 1. The van der Waals surface area contributed by atoms with Crippen LogP contribution in [-0.2, 0) is 12.7 Å². The van der Waals surface area contributed by atoms with Gasteiger partial charge in [0.2, 0.25) is 0 Å². The average molecular weight is 274 g/mol. The Bertz CT molecular complexity index is 360. The predicted molar refractivity (Wildman–Crippen MR) is 70.9 cm³/mol. The molecular formula is C14H21F3N2. The first-order valence-corrected chi connectivity index (χ1v) is 6.53. The monoisotopic (exact) mass is 274 g/mol. The highest BCUT2D eigenvalue weighted by molar-refractivity contribution is 5.24. The molecule has 0 saturated carbocycles. The third-order valence-electron chi connectivity index (χ3n) is 2.81. The molecule has 1 aromatic rings. The molecule has 2 N–H and O–H groups in total. The molecule has 1 unspecified atom stereocenters. The first-order valence-electron chi connectivity index (χ1n) is 6.53. The van der Waals surface area contributed by atoms with Gasteiger partial charge in [0.1, 0.15) is 0 Å². The van der Waals surface area contributed by atoms with Gasteiger partial charge in [-0.3, -0.25) is 0 Å². The van der Waals surface area contributed by atoms with Crippen molar-refractivity contribution < 1.29 is 13.2 Å². The lowest BCUT2D eigenvalue weighted by Crippen LogP contribution is -2.36. The van der Waals surface area contributed by atoms with Crippen molar-refractivity contribution in [3.8, 4) is 0 Å². The van der Waals surface area contributed by atoms with Gasteiger partial charge in [-0.25, -0.2) is 0 Å². The van der Waals surface area contributed by atoms with Crippen LogP contribution in [0.4, 0.5) is 13.2 Å². The number of hydrogen-bond acceptors (Lipinski definition) is 2. The first kappa shape index (κ1) is 16.0. The van der Waals surface area contributed by atoms with Crippen LogP contribution >= 0.6 is 0 Å². The molecule has 0 fully saturated rings. The van der Waals surface area contributed by atoms with Gasteiger partial charge in [-0.15, -0.1) is 0 Å². The number of hydrogen-bond donors (Lipinski definition) is 2. The molecular weight excluding hydrogens is 253 g/mol. The van der Waals surface area contributed by atoms with E-state index in [-0.39, 0.29) is 6.04 Å². The Hall–Kier alpha value is -1.07. The topological polar surface area (TPSA) is 24.1 Å². The lowest BCUT2D eigenvalue weighted by molar-refractivity contribution is -0.137. The van der Waals surface area contributed by atoms with E-state index in [1.165, 1.54) is 12.1 Å². The van der Waals surface area contributed by atoms with Crippen LogP contribution in [0.25, 0.3) is 0 Å². The third-order valence-corrected chi connectivity index (χ3v) is 2.81. The van der Waals surface area contributed by atoms with E-state index >= 15 is 0 Å². The Morgan fingerprint density at radius 2 is 1.79 bits per heavy atom. The van der Waals surface area contributed by atoms with Crippen LogP contribution in [0.15, 0.2) is 24.3 Å². The van der Waals surface area contributed by atoms with Gasteiger partial charge < -0.3 is 10.6 Å². The molecule has 0 amide bonds. The van der Waals surface area contributed by atoms with Gasteiger partial charge in [0.05, 0.1) is 5.56 Å². The van der Waals surface area contributed by atoms with Gasteiger partial charge >= 0.3 is 6.18 Å². The largest absolute Gasteiger partial charge is 0.416 e. The average Bonchev–Trinajstić information content (AvgIpc) is 2.36. The summed E-state index contributed by atoms with van der Waals surface area (Å²) < 4.78 is 37.1. The molecule has 1 rings (SSSR count). The van der Waals surface area contributed by atoms with Gasteiger partial charge in [0.25, 0.3) is 0 Å². The van der Waals surface area contributed by atoms with E-state index in [1.807, 2.05) is 6.92 Å². The van der Waals surface area contributed by atoms with Gasteiger partial charge in [0, 0.05) is 19.1 Å². The SMILES string of the molecule is CCCNCC(C)NCc1ccc(C(F)(F)F)cc1. The van der Waals surface area contributed by atoms with E-state index in [1.54, 1.807) is 0 Å². The van der Waals surface area contributed by atoms with Crippen molar-refractivity contribution in [1.29, 1.82) is 0 Å². The van der Waals surface area contributed by atoms with Crippen molar-refractivity contribution in [3.63, 3.8) is 0 Å². The smallest absolute Gasteiger partial charge is 0.315 e. The lowest BCUT2D eigenvalue weighted by Gasteiger charge is -2.15. The van der Waals surface area contributed by atoms with Gasteiger partial charge in [0.15, 0.2) is 0 Å². The van der Waals surface area contributed by atoms with E-state index in [9.17, 15) is 13.2 Å². The number of nitrogens with one attached hydrogen (secondary N) is 2. The minimum Gasteiger partial charge on any atom is -0.315 e. The van der Waals surface area contributed by atoms with Crippen molar-refractivity contribution in [2.75, 3.05) is 13.1 Å². The molecule has 0 bridgehead atoms. The molecule has 108 valence electrons. The number of halogens is 3.